The van der Waals surface area contributed by atoms with Crippen LogP contribution in [0.1, 0.15) is 45.1 Å². The van der Waals surface area contributed by atoms with Gasteiger partial charge in [-0.05, 0) is 75.2 Å². The van der Waals surface area contributed by atoms with Crippen LogP contribution < -0.4 is 11.1 Å². The summed E-state index contributed by atoms with van der Waals surface area (Å²) in [6.07, 6.45) is -8.58. The molecule has 3 aromatic carbocycles. The predicted molar refractivity (Wildman–Crippen MR) is 137 cm³/mol. The molecule has 11 heteroatoms. The number of aryl methyl sites for hydroxylation is 2. The average molecular weight is 561 g/mol. The van der Waals surface area contributed by atoms with Gasteiger partial charge in [0.1, 0.15) is 12.4 Å². The van der Waals surface area contributed by atoms with Crippen molar-refractivity contribution in [1.82, 2.24) is 5.32 Å². The van der Waals surface area contributed by atoms with Gasteiger partial charge in [0.25, 0.3) is 0 Å². The second kappa shape index (κ2) is 17.0. The number of Topliss-reactive ketones (excluding diaryl/α,β-unsaturated/α-hetero) is 1. The van der Waals surface area contributed by atoms with Crippen LogP contribution in [-0.4, -0.2) is 32.0 Å². The van der Waals surface area contributed by atoms with Crippen molar-refractivity contribution >= 4 is 12.2 Å². The molecular weight excluding hydrogens is 529 g/mol. The van der Waals surface area contributed by atoms with Gasteiger partial charge in [-0.25, -0.2) is 4.39 Å². The minimum atomic E-state index is -4.42. The number of carbonyl (C=O) groups excluding carboxylic acids is 2. The molecule has 0 saturated heterocycles. The maximum atomic E-state index is 13.5. The number of carbonyl (C=O) groups is 2. The molecule has 214 valence electrons. The van der Waals surface area contributed by atoms with Crippen molar-refractivity contribution < 1.29 is 40.3 Å². The van der Waals surface area contributed by atoms with E-state index in [4.69, 9.17) is 0 Å². The standard InChI is InChI=1S/C17H14F4O.C7H8.C3H4F3NO.CH5N/c1-10-3-4-12(8-16(10)17(19,20)21)5-13-6-14(11(2)22)9-15(18)7-13;1-7-5-3-2-4-6-7;4-3(5,6)1-7-2-8;1-2/h3-4,6-9H,5H2,1-2H3;2-6H,1H3;2H,1H2,(H,7,8);2H2,1H3. The van der Waals surface area contributed by atoms with E-state index >= 15 is 0 Å². The van der Waals surface area contributed by atoms with Crippen LogP contribution in [0.25, 0.3) is 0 Å². The van der Waals surface area contributed by atoms with Crippen molar-refractivity contribution in [2.75, 3.05) is 13.6 Å². The van der Waals surface area contributed by atoms with E-state index in [2.05, 4.69) is 24.8 Å². The Morgan fingerprint density at radius 2 is 1.46 bits per heavy atom. The molecule has 0 unspecified atom stereocenters. The van der Waals surface area contributed by atoms with E-state index < -0.39 is 30.3 Å². The number of amides is 1. The number of hydrogen-bond donors (Lipinski definition) is 2. The van der Waals surface area contributed by atoms with Gasteiger partial charge in [0, 0.05) is 5.56 Å². The molecule has 0 fully saturated rings. The molecule has 0 aromatic heterocycles. The monoisotopic (exact) mass is 560 g/mol. The summed E-state index contributed by atoms with van der Waals surface area (Å²) in [6.45, 7) is 3.53. The smallest absolute Gasteiger partial charge is 0.350 e. The van der Waals surface area contributed by atoms with Crippen LogP contribution in [0.4, 0.5) is 30.7 Å². The molecule has 0 spiro atoms. The van der Waals surface area contributed by atoms with Crippen LogP contribution in [0.3, 0.4) is 0 Å². The van der Waals surface area contributed by atoms with E-state index in [9.17, 15) is 40.3 Å². The zero-order valence-corrected chi connectivity index (χ0v) is 21.9. The maximum Gasteiger partial charge on any atom is 0.416 e. The number of benzene rings is 3. The number of alkyl halides is 6. The summed E-state index contributed by atoms with van der Waals surface area (Å²) in [4.78, 5) is 20.6. The Kier molecular flexibility index (Phi) is 15.4. The van der Waals surface area contributed by atoms with Crippen LogP contribution in [0.5, 0.6) is 0 Å². The van der Waals surface area contributed by atoms with Gasteiger partial charge >= 0.3 is 12.4 Å². The Bertz CT molecular complexity index is 1160. The largest absolute Gasteiger partial charge is 0.416 e. The number of rotatable bonds is 5. The fourth-order valence-corrected chi connectivity index (χ4v) is 2.97. The summed E-state index contributed by atoms with van der Waals surface area (Å²) < 4.78 is 85.2. The normalized spacial score (nSPS) is 10.5. The highest BCUT2D eigenvalue weighted by Crippen LogP contribution is 2.32. The van der Waals surface area contributed by atoms with Gasteiger partial charge in [0.2, 0.25) is 6.41 Å². The van der Waals surface area contributed by atoms with Crippen molar-refractivity contribution in [3.63, 3.8) is 0 Å². The van der Waals surface area contributed by atoms with Gasteiger partial charge in [-0.2, -0.15) is 26.3 Å². The van der Waals surface area contributed by atoms with Crippen molar-refractivity contribution in [1.29, 1.82) is 0 Å². The molecule has 0 saturated carbocycles. The van der Waals surface area contributed by atoms with E-state index in [0.717, 1.165) is 12.1 Å². The molecule has 4 nitrogen and oxygen atoms in total. The van der Waals surface area contributed by atoms with Gasteiger partial charge in [-0.1, -0.05) is 48.0 Å². The molecule has 3 N–H and O–H groups in total. The zero-order valence-electron chi connectivity index (χ0n) is 21.9. The number of hydrogen-bond acceptors (Lipinski definition) is 3. The van der Waals surface area contributed by atoms with Crippen molar-refractivity contribution in [2.24, 2.45) is 5.73 Å². The third-order valence-corrected chi connectivity index (χ3v) is 4.71. The van der Waals surface area contributed by atoms with E-state index in [1.54, 1.807) is 6.07 Å². The minimum absolute atomic E-state index is 0.00743. The number of ketones is 1. The van der Waals surface area contributed by atoms with Gasteiger partial charge in [0.05, 0.1) is 5.56 Å². The lowest BCUT2D eigenvalue weighted by Crippen LogP contribution is -2.27. The summed E-state index contributed by atoms with van der Waals surface area (Å²) >= 11 is 0. The summed E-state index contributed by atoms with van der Waals surface area (Å²) in [6, 6.07) is 18.1. The molecule has 3 aromatic rings. The topological polar surface area (TPSA) is 72.2 Å². The maximum absolute atomic E-state index is 13.5. The van der Waals surface area contributed by atoms with Crippen molar-refractivity contribution in [3.8, 4) is 0 Å². The fourth-order valence-electron chi connectivity index (χ4n) is 2.97. The Hall–Kier alpha value is -3.73. The lowest BCUT2D eigenvalue weighted by Gasteiger charge is -2.12. The van der Waals surface area contributed by atoms with Crippen LogP contribution in [-0.2, 0) is 17.4 Å². The third-order valence-electron chi connectivity index (χ3n) is 4.71. The zero-order chi connectivity index (χ0) is 30.2. The molecule has 3 rings (SSSR count). The third kappa shape index (κ3) is 15.3. The van der Waals surface area contributed by atoms with Crippen LogP contribution >= 0.6 is 0 Å². The highest BCUT2D eigenvalue weighted by Gasteiger charge is 2.32. The van der Waals surface area contributed by atoms with Gasteiger partial charge in [-0.15, -0.1) is 0 Å². The number of halogens is 7. The summed E-state index contributed by atoms with van der Waals surface area (Å²) in [7, 11) is 1.50. The van der Waals surface area contributed by atoms with Crippen LogP contribution in [0, 0.1) is 19.7 Å². The molecule has 0 radical (unpaired) electrons. The molecule has 39 heavy (non-hydrogen) atoms. The minimum Gasteiger partial charge on any atom is -0.350 e. The van der Waals surface area contributed by atoms with E-state index in [-0.39, 0.29) is 29.7 Å². The first-order valence-corrected chi connectivity index (χ1v) is 11.4. The first kappa shape index (κ1) is 35.3. The summed E-state index contributed by atoms with van der Waals surface area (Å²) in [5, 5.41) is 1.48. The molecule has 0 aliphatic carbocycles. The van der Waals surface area contributed by atoms with E-state index in [0.29, 0.717) is 11.1 Å². The van der Waals surface area contributed by atoms with Crippen LogP contribution in [0.15, 0.2) is 66.7 Å². The highest BCUT2D eigenvalue weighted by molar-refractivity contribution is 5.94. The fraction of sp³-hybridized carbons (Fsp3) is 0.286. The summed E-state index contributed by atoms with van der Waals surface area (Å²) in [5.74, 6) is -0.869. The SMILES string of the molecule is CC(=O)c1cc(F)cc(Cc2ccc(C)c(C(F)(F)F)c2)c1.CN.Cc1ccccc1.O=CNCC(F)(F)F. The lowest BCUT2D eigenvalue weighted by molar-refractivity contribution is -0.138. The van der Waals surface area contributed by atoms with Crippen molar-refractivity contribution in [3.05, 3.63) is 106 Å². The molecule has 0 aliphatic heterocycles. The number of nitrogens with two attached hydrogens (primary N) is 1. The number of nitrogens with one attached hydrogen (secondary N) is 1. The van der Waals surface area contributed by atoms with E-state index in [1.807, 2.05) is 18.2 Å². The first-order valence-electron chi connectivity index (χ1n) is 11.4. The molecule has 1 amide bonds. The average Bonchev–Trinajstić information content (AvgIpc) is 2.85. The second-order valence-corrected chi connectivity index (χ2v) is 8.00. The molecule has 0 bridgehead atoms. The van der Waals surface area contributed by atoms with Gasteiger partial charge in [-0.3, -0.25) is 9.59 Å². The Labute approximate surface area is 223 Å². The highest BCUT2D eigenvalue weighted by atomic mass is 19.4. The first-order chi connectivity index (χ1) is 18.1. The molecule has 0 aliphatic rings. The van der Waals surface area contributed by atoms with Crippen molar-refractivity contribution in [2.45, 2.75) is 39.5 Å². The Balaban J connectivity index is 0.000000693. The van der Waals surface area contributed by atoms with Gasteiger partial charge in [0.15, 0.2) is 5.78 Å². The predicted octanol–water partition coefficient (Wildman–Crippen LogP) is 6.81. The van der Waals surface area contributed by atoms with E-state index in [1.165, 1.54) is 50.0 Å². The molecular formula is C28H31F7N2O2. The van der Waals surface area contributed by atoms with Crippen LogP contribution in [0.2, 0.25) is 0 Å². The lowest BCUT2D eigenvalue weighted by atomic mass is 9.98. The second-order valence-electron chi connectivity index (χ2n) is 8.00. The Morgan fingerprint density at radius 1 is 0.872 bits per heavy atom. The summed E-state index contributed by atoms with van der Waals surface area (Å²) in [5.41, 5.74) is 6.34. The Morgan fingerprint density at radius 3 is 1.87 bits per heavy atom. The quantitative estimate of drug-likeness (QED) is 0.205. The van der Waals surface area contributed by atoms with Gasteiger partial charge < -0.3 is 11.1 Å². The molecule has 0 heterocycles. The molecule has 0 atom stereocenters.